The van der Waals surface area contributed by atoms with Gasteiger partial charge in [-0.15, -0.1) is 0 Å². The fourth-order valence-corrected chi connectivity index (χ4v) is 1.99. The maximum absolute atomic E-state index is 5.79. The Morgan fingerprint density at radius 2 is 1.88 bits per heavy atom. The van der Waals surface area contributed by atoms with Crippen LogP contribution in [0.15, 0.2) is 64.2 Å². The first-order valence-corrected chi connectivity index (χ1v) is 7.36. The van der Waals surface area contributed by atoms with Crippen LogP contribution < -0.4 is 16.8 Å². The third-order valence-electron chi connectivity index (χ3n) is 3.15. The van der Waals surface area contributed by atoms with Crippen LogP contribution >= 0.6 is 0 Å². The Balaban J connectivity index is 1.89. The molecule has 25 heavy (non-hydrogen) atoms. The van der Waals surface area contributed by atoms with Gasteiger partial charge in [0.05, 0.1) is 17.1 Å². The number of pyridine rings is 1. The highest BCUT2D eigenvalue weighted by Crippen LogP contribution is 2.21. The number of hydrogen-bond donors (Lipinski definition) is 3. The molecule has 0 fully saturated rings. The van der Waals surface area contributed by atoms with Crippen molar-refractivity contribution in [3.05, 3.63) is 54.7 Å². The van der Waals surface area contributed by atoms with Crippen molar-refractivity contribution < 1.29 is 4.52 Å². The second-order valence-corrected chi connectivity index (χ2v) is 5.01. The summed E-state index contributed by atoms with van der Waals surface area (Å²) in [5.41, 5.74) is 14.4. The number of aliphatic imine (C=N–C) groups is 1. The number of aromatic nitrogens is 4. The van der Waals surface area contributed by atoms with Crippen molar-refractivity contribution in [2.75, 3.05) is 0 Å². The van der Waals surface area contributed by atoms with Gasteiger partial charge in [0, 0.05) is 24.2 Å². The highest BCUT2D eigenvalue weighted by atomic mass is 16.5. The van der Waals surface area contributed by atoms with Crippen molar-refractivity contribution in [1.82, 2.24) is 25.4 Å². The molecule has 3 heterocycles. The highest BCUT2D eigenvalue weighted by molar-refractivity contribution is 5.81. The quantitative estimate of drug-likeness (QED) is 0.481. The summed E-state index contributed by atoms with van der Waals surface area (Å²) in [6.45, 7) is 1.76. The maximum Gasteiger partial charge on any atom is 0.253 e. The lowest BCUT2D eigenvalue weighted by Crippen LogP contribution is -2.30. The Morgan fingerprint density at radius 3 is 2.60 bits per heavy atom. The van der Waals surface area contributed by atoms with Gasteiger partial charge in [-0.05, 0) is 25.1 Å². The molecule has 0 aromatic carbocycles. The largest absolute Gasteiger partial charge is 0.403 e. The molecular weight excluding hydrogens is 320 g/mol. The molecule has 0 saturated carbocycles. The van der Waals surface area contributed by atoms with E-state index in [0.29, 0.717) is 28.5 Å². The Morgan fingerprint density at radius 1 is 1.12 bits per heavy atom. The Bertz CT molecular complexity index is 917. The summed E-state index contributed by atoms with van der Waals surface area (Å²) in [5.74, 6) is 0.349. The third kappa shape index (κ3) is 3.96. The molecular formula is C16H16N8O. The van der Waals surface area contributed by atoms with Gasteiger partial charge in [0.1, 0.15) is 12.0 Å². The normalized spacial score (nSPS) is 12.2. The molecule has 126 valence electrons. The Hall–Kier alpha value is -3.75. The monoisotopic (exact) mass is 336 g/mol. The zero-order chi connectivity index (χ0) is 17.6. The molecule has 9 heteroatoms. The maximum atomic E-state index is 5.79. The first kappa shape index (κ1) is 16.1. The van der Waals surface area contributed by atoms with E-state index in [1.165, 1.54) is 12.5 Å². The number of guanidine groups is 1. The molecule has 0 amide bonds. The zero-order valence-corrected chi connectivity index (χ0v) is 13.4. The van der Waals surface area contributed by atoms with Gasteiger partial charge in [-0.3, -0.25) is 0 Å². The predicted molar refractivity (Wildman–Crippen MR) is 93.1 cm³/mol. The van der Waals surface area contributed by atoms with E-state index >= 15 is 0 Å². The van der Waals surface area contributed by atoms with Crippen LogP contribution in [-0.4, -0.2) is 26.1 Å². The summed E-state index contributed by atoms with van der Waals surface area (Å²) < 4.78 is 4.85. The topological polar surface area (TPSA) is 141 Å². The molecule has 0 aliphatic carbocycles. The SMILES string of the molecule is C/C(=C/N)N/C(N)=N/c1nccc(-c2cccc(-c3ccon3)n2)n1. The first-order valence-electron chi connectivity index (χ1n) is 7.36. The van der Waals surface area contributed by atoms with Gasteiger partial charge in [-0.25, -0.2) is 15.0 Å². The van der Waals surface area contributed by atoms with E-state index in [-0.39, 0.29) is 11.9 Å². The summed E-state index contributed by atoms with van der Waals surface area (Å²) in [5, 5.41) is 6.70. The molecule has 0 bridgehead atoms. The van der Waals surface area contributed by atoms with E-state index in [4.69, 9.17) is 16.0 Å². The predicted octanol–water partition coefficient (Wildman–Crippen LogP) is 1.55. The van der Waals surface area contributed by atoms with Crippen molar-refractivity contribution in [3.8, 4) is 22.8 Å². The zero-order valence-electron chi connectivity index (χ0n) is 13.4. The number of hydrogen-bond acceptors (Lipinski definition) is 7. The van der Waals surface area contributed by atoms with E-state index in [1.54, 1.807) is 25.3 Å². The van der Waals surface area contributed by atoms with Crippen LogP contribution in [0, 0.1) is 0 Å². The molecule has 3 aromatic heterocycles. The van der Waals surface area contributed by atoms with Crippen LogP contribution in [-0.2, 0) is 0 Å². The molecule has 9 nitrogen and oxygen atoms in total. The highest BCUT2D eigenvalue weighted by Gasteiger charge is 2.08. The summed E-state index contributed by atoms with van der Waals surface area (Å²) in [7, 11) is 0. The molecule has 0 unspecified atom stereocenters. The Kier molecular flexibility index (Phi) is 4.65. The van der Waals surface area contributed by atoms with Crippen LogP contribution in [0.1, 0.15) is 6.92 Å². The molecule has 0 radical (unpaired) electrons. The average molecular weight is 336 g/mol. The minimum atomic E-state index is 0.139. The van der Waals surface area contributed by atoms with Gasteiger partial charge >= 0.3 is 0 Å². The average Bonchev–Trinajstić information content (AvgIpc) is 3.16. The smallest absolute Gasteiger partial charge is 0.253 e. The molecule has 3 aromatic rings. The summed E-state index contributed by atoms with van der Waals surface area (Å²) in [6.07, 6.45) is 4.47. The summed E-state index contributed by atoms with van der Waals surface area (Å²) >= 11 is 0. The van der Waals surface area contributed by atoms with Crippen LogP contribution in [0.2, 0.25) is 0 Å². The number of allylic oxidation sites excluding steroid dienone is 1. The molecule has 5 N–H and O–H groups in total. The lowest BCUT2D eigenvalue weighted by Gasteiger charge is -2.05. The molecule has 0 aliphatic heterocycles. The molecule has 3 rings (SSSR count). The van der Waals surface area contributed by atoms with Gasteiger partial charge in [0.25, 0.3) is 5.95 Å². The minimum absolute atomic E-state index is 0.139. The van der Waals surface area contributed by atoms with Crippen molar-refractivity contribution in [1.29, 1.82) is 0 Å². The fourth-order valence-electron chi connectivity index (χ4n) is 1.99. The van der Waals surface area contributed by atoms with Gasteiger partial charge in [0.2, 0.25) is 5.96 Å². The fraction of sp³-hybridized carbons (Fsp3) is 0.0625. The standard InChI is InChI=1S/C16H16N8O/c1-10(9-17)20-15(18)23-16-19-7-5-13(22-16)11-3-2-4-12(21-11)14-6-8-25-24-14/h2-9H,17H2,1H3,(H3,18,19,20,22,23)/b10-9-. The second kappa shape index (κ2) is 7.21. The molecule has 0 spiro atoms. The van der Waals surface area contributed by atoms with Crippen LogP contribution in [0.4, 0.5) is 5.95 Å². The minimum Gasteiger partial charge on any atom is -0.403 e. The lowest BCUT2D eigenvalue weighted by molar-refractivity contribution is 0.422. The number of nitrogens with two attached hydrogens (primary N) is 2. The summed E-state index contributed by atoms with van der Waals surface area (Å²) in [4.78, 5) is 17.1. The van der Waals surface area contributed by atoms with E-state index in [1.807, 2.05) is 18.2 Å². The number of nitrogens with one attached hydrogen (secondary N) is 1. The number of nitrogens with zero attached hydrogens (tertiary/aromatic N) is 5. The molecule has 0 saturated heterocycles. The van der Waals surface area contributed by atoms with E-state index in [2.05, 4.69) is 30.4 Å². The molecule has 0 atom stereocenters. The van der Waals surface area contributed by atoms with E-state index in [9.17, 15) is 0 Å². The van der Waals surface area contributed by atoms with E-state index in [0.717, 1.165) is 0 Å². The summed E-state index contributed by atoms with van der Waals surface area (Å²) in [6, 6.07) is 9.01. The van der Waals surface area contributed by atoms with Crippen LogP contribution in [0.25, 0.3) is 22.8 Å². The molecule has 0 aliphatic rings. The van der Waals surface area contributed by atoms with Gasteiger partial charge in [0.15, 0.2) is 0 Å². The van der Waals surface area contributed by atoms with Crippen molar-refractivity contribution in [3.63, 3.8) is 0 Å². The lowest BCUT2D eigenvalue weighted by atomic mass is 10.2. The van der Waals surface area contributed by atoms with Crippen molar-refractivity contribution in [2.45, 2.75) is 6.92 Å². The first-order chi connectivity index (χ1) is 12.2. The van der Waals surface area contributed by atoms with Crippen LogP contribution in [0.3, 0.4) is 0 Å². The van der Waals surface area contributed by atoms with Crippen molar-refractivity contribution in [2.24, 2.45) is 16.5 Å². The van der Waals surface area contributed by atoms with Crippen LogP contribution in [0.5, 0.6) is 0 Å². The third-order valence-corrected chi connectivity index (χ3v) is 3.15. The Labute approximate surface area is 143 Å². The second-order valence-electron chi connectivity index (χ2n) is 5.01. The van der Waals surface area contributed by atoms with Gasteiger partial charge in [-0.2, -0.15) is 4.99 Å². The van der Waals surface area contributed by atoms with Gasteiger partial charge in [-0.1, -0.05) is 11.2 Å². The van der Waals surface area contributed by atoms with Gasteiger partial charge < -0.3 is 21.3 Å². The van der Waals surface area contributed by atoms with E-state index < -0.39 is 0 Å². The number of rotatable bonds is 4. The van der Waals surface area contributed by atoms with Crippen molar-refractivity contribution >= 4 is 11.9 Å².